The maximum absolute atomic E-state index is 12.8. The molecule has 0 aliphatic carbocycles. The lowest BCUT2D eigenvalue weighted by molar-refractivity contribution is 0.102. The van der Waals surface area contributed by atoms with Crippen LogP contribution >= 0.6 is 0 Å². The molecule has 0 aliphatic heterocycles. The van der Waals surface area contributed by atoms with Crippen molar-refractivity contribution < 1.29 is 4.79 Å². The predicted octanol–water partition coefficient (Wildman–Crippen LogP) is 3.55. The Hall–Kier alpha value is -4.00. The molecule has 1 aromatic heterocycles. The van der Waals surface area contributed by atoms with Gasteiger partial charge in [-0.2, -0.15) is 4.68 Å². The Morgan fingerprint density at radius 3 is 2.41 bits per heavy atom. The lowest BCUT2D eigenvalue weighted by atomic mass is 10.1. The van der Waals surface area contributed by atoms with E-state index in [9.17, 15) is 4.79 Å². The number of aromatic nitrogens is 4. The summed E-state index contributed by atoms with van der Waals surface area (Å²) in [5, 5.41) is 14.1. The van der Waals surface area contributed by atoms with Gasteiger partial charge >= 0.3 is 0 Å². The van der Waals surface area contributed by atoms with Crippen molar-refractivity contribution in [3.05, 3.63) is 96.3 Å². The van der Waals surface area contributed by atoms with Gasteiger partial charge in [-0.15, -0.1) is 5.10 Å². The largest absolute Gasteiger partial charge is 0.370 e. The van der Waals surface area contributed by atoms with Crippen LogP contribution in [0.3, 0.4) is 0 Å². The van der Waals surface area contributed by atoms with Gasteiger partial charge in [0.1, 0.15) is 6.33 Å². The van der Waals surface area contributed by atoms with Gasteiger partial charge in [0.15, 0.2) is 0 Å². The fourth-order valence-corrected chi connectivity index (χ4v) is 3.08. The van der Waals surface area contributed by atoms with E-state index in [1.54, 1.807) is 12.1 Å². The number of rotatable bonds is 6. The molecule has 0 saturated carbocycles. The number of amides is 1. The van der Waals surface area contributed by atoms with Crippen LogP contribution < -0.4 is 10.2 Å². The molecule has 0 atom stereocenters. The molecule has 1 N–H and O–H groups in total. The van der Waals surface area contributed by atoms with Crippen molar-refractivity contribution in [2.75, 3.05) is 17.3 Å². The molecule has 1 amide bonds. The number of nitrogens with zero attached hydrogens (tertiary/aromatic N) is 5. The monoisotopic (exact) mass is 384 g/mol. The molecule has 0 saturated heterocycles. The van der Waals surface area contributed by atoms with Gasteiger partial charge in [0.25, 0.3) is 5.91 Å². The molecule has 7 nitrogen and oxygen atoms in total. The van der Waals surface area contributed by atoms with Crippen molar-refractivity contribution in [3.63, 3.8) is 0 Å². The van der Waals surface area contributed by atoms with Crippen LogP contribution in [0, 0.1) is 0 Å². The molecule has 0 fully saturated rings. The van der Waals surface area contributed by atoms with Crippen LogP contribution in [0.1, 0.15) is 15.9 Å². The van der Waals surface area contributed by atoms with Gasteiger partial charge in [0.2, 0.25) is 0 Å². The van der Waals surface area contributed by atoms with E-state index < -0.39 is 0 Å². The predicted molar refractivity (Wildman–Crippen MR) is 112 cm³/mol. The van der Waals surface area contributed by atoms with E-state index in [2.05, 4.69) is 37.9 Å². The summed E-state index contributed by atoms with van der Waals surface area (Å²) in [5.41, 5.74) is 4.14. The first kappa shape index (κ1) is 18.4. The Kier molecular flexibility index (Phi) is 5.29. The number of nitrogens with one attached hydrogen (secondary N) is 1. The molecule has 29 heavy (non-hydrogen) atoms. The van der Waals surface area contributed by atoms with E-state index in [4.69, 9.17) is 0 Å². The van der Waals surface area contributed by atoms with Crippen LogP contribution in [0.15, 0.2) is 85.2 Å². The van der Waals surface area contributed by atoms with Crippen LogP contribution in [-0.2, 0) is 6.54 Å². The Morgan fingerprint density at radius 1 is 0.966 bits per heavy atom. The number of anilines is 2. The minimum Gasteiger partial charge on any atom is -0.370 e. The molecule has 4 aromatic rings. The Labute approximate surface area is 168 Å². The summed E-state index contributed by atoms with van der Waals surface area (Å²) in [6, 6.07) is 25.3. The molecule has 0 bridgehead atoms. The van der Waals surface area contributed by atoms with Gasteiger partial charge in [-0.3, -0.25) is 4.79 Å². The van der Waals surface area contributed by atoms with E-state index in [1.165, 1.54) is 16.6 Å². The highest BCUT2D eigenvalue weighted by Crippen LogP contribution is 2.20. The highest BCUT2D eigenvalue weighted by atomic mass is 16.1. The minimum atomic E-state index is -0.221. The van der Waals surface area contributed by atoms with E-state index in [0.29, 0.717) is 11.3 Å². The van der Waals surface area contributed by atoms with Crippen LogP contribution in [0.4, 0.5) is 11.4 Å². The Morgan fingerprint density at radius 2 is 1.69 bits per heavy atom. The summed E-state index contributed by atoms with van der Waals surface area (Å²) in [6.45, 7) is 0.811. The molecule has 1 heterocycles. The highest BCUT2D eigenvalue weighted by molar-refractivity contribution is 6.06. The Bertz CT molecular complexity index is 1080. The number of hydrogen-bond donors (Lipinski definition) is 1. The number of carbonyl (C=O) groups excluding carboxylic acids is 1. The first-order chi connectivity index (χ1) is 14.2. The summed E-state index contributed by atoms with van der Waals surface area (Å²) in [4.78, 5) is 14.9. The smallest absolute Gasteiger partial charge is 0.257 e. The SMILES string of the molecule is CN(Cc1ccccc1)c1ccc(NC(=O)c2ccccc2-n2cnnn2)cc1. The van der Waals surface area contributed by atoms with E-state index in [1.807, 2.05) is 61.6 Å². The van der Waals surface area contributed by atoms with Crippen molar-refractivity contribution >= 4 is 17.3 Å². The summed E-state index contributed by atoms with van der Waals surface area (Å²) in [5.74, 6) is -0.221. The van der Waals surface area contributed by atoms with Crippen molar-refractivity contribution in [1.29, 1.82) is 0 Å². The zero-order valence-electron chi connectivity index (χ0n) is 15.9. The molecular formula is C22H20N6O. The third kappa shape index (κ3) is 4.30. The maximum Gasteiger partial charge on any atom is 0.257 e. The second kappa shape index (κ2) is 8.35. The van der Waals surface area contributed by atoms with E-state index in [-0.39, 0.29) is 5.91 Å². The third-order valence-electron chi connectivity index (χ3n) is 4.57. The molecule has 0 radical (unpaired) electrons. The molecule has 0 unspecified atom stereocenters. The zero-order chi connectivity index (χ0) is 20.1. The lowest BCUT2D eigenvalue weighted by Gasteiger charge is -2.20. The van der Waals surface area contributed by atoms with Gasteiger partial charge in [0, 0.05) is 25.0 Å². The first-order valence-corrected chi connectivity index (χ1v) is 9.19. The van der Waals surface area contributed by atoms with Gasteiger partial charge in [-0.25, -0.2) is 0 Å². The fourth-order valence-electron chi connectivity index (χ4n) is 3.08. The Balaban J connectivity index is 1.46. The molecular weight excluding hydrogens is 364 g/mol. The normalized spacial score (nSPS) is 10.5. The van der Waals surface area contributed by atoms with Crippen molar-refractivity contribution in [2.24, 2.45) is 0 Å². The number of para-hydroxylation sites is 1. The summed E-state index contributed by atoms with van der Waals surface area (Å²) >= 11 is 0. The highest BCUT2D eigenvalue weighted by Gasteiger charge is 2.13. The number of carbonyl (C=O) groups is 1. The molecule has 7 heteroatoms. The second-order valence-corrected chi connectivity index (χ2v) is 6.61. The van der Waals surface area contributed by atoms with Gasteiger partial charge < -0.3 is 10.2 Å². The van der Waals surface area contributed by atoms with Crippen LogP contribution in [0.2, 0.25) is 0 Å². The van der Waals surface area contributed by atoms with Crippen LogP contribution in [-0.4, -0.2) is 33.2 Å². The second-order valence-electron chi connectivity index (χ2n) is 6.61. The summed E-state index contributed by atoms with van der Waals surface area (Å²) in [7, 11) is 2.04. The lowest BCUT2D eigenvalue weighted by Crippen LogP contribution is -2.17. The number of benzene rings is 3. The average molecular weight is 384 g/mol. The quantitative estimate of drug-likeness (QED) is 0.550. The molecule has 4 rings (SSSR count). The first-order valence-electron chi connectivity index (χ1n) is 9.19. The number of hydrogen-bond acceptors (Lipinski definition) is 5. The molecule has 0 spiro atoms. The fraction of sp³-hybridized carbons (Fsp3) is 0.0909. The minimum absolute atomic E-state index is 0.221. The van der Waals surface area contributed by atoms with E-state index >= 15 is 0 Å². The summed E-state index contributed by atoms with van der Waals surface area (Å²) < 4.78 is 1.47. The van der Waals surface area contributed by atoms with Gasteiger partial charge in [0.05, 0.1) is 11.3 Å². The van der Waals surface area contributed by atoms with Gasteiger partial charge in [-0.05, 0) is 52.4 Å². The van der Waals surface area contributed by atoms with Gasteiger partial charge in [-0.1, -0.05) is 42.5 Å². The standard InChI is InChI=1S/C22H20N6O/c1-27(15-17-7-3-2-4-8-17)19-13-11-18(12-14-19)24-22(29)20-9-5-6-10-21(20)28-16-23-25-26-28/h2-14,16H,15H2,1H3,(H,24,29). The molecule has 0 aliphatic rings. The van der Waals surface area contributed by atoms with Crippen molar-refractivity contribution in [1.82, 2.24) is 20.2 Å². The van der Waals surface area contributed by atoms with Crippen molar-refractivity contribution in [3.8, 4) is 5.69 Å². The average Bonchev–Trinajstić information content (AvgIpc) is 3.30. The number of tetrazole rings is 1. The van der Waals surface area contributed by atoms with E-state index in [0.717, 1.165) is 17.9 Å². The van der Waals surface area contributed by atoms with Crippen LogP contribution in [0.25, 0.3) is 5.69 Å². The summed E-state index contributed by atoms with van der Waals surface area (Å²) in [6.07, 6.45) is 1.46. The topological polar surface area (TPSA) is 75.9 Å². The molecule has 144 valence electrons. The zero-order valence-corrected chi connectivity index (χ0v) is 15.9. The third-order valence-corrected chi connectivity index (χ3v) is 4.57. The van der Waals surface area contributed by atoms with Crippen molar-refractivity contribution in [2.45, 2.75) is 6.54 Å². The molecule has 3 aromatic carbocycles. The van der Waals surface area contributed by atoms with Crippen LogP contribution in [0.5, 0.6) is 0 Å². The maximum atomic E-state index is 12.8.